The highest BCUT2D eigenvalue weighted by Gasteiger charge is 2.45. The average molecular weight is 238 g/mol. The van der Waals surface area contributed by atoms with Crippen molar-refractivity contribution in [2.75, 3.05) is 26.2 Å². The van der Waals surface area contributed by atoms with E-state index in [1.807, 2.05) is 0 Å². The summed E-state index contributed by atoms with van der Waals surface area (Å²) >= 11 is 0. The van der Waals surface area contributed by atoms with Crippen molar-refractivity contribution in [3.63, 3.8) is 0 Å². The molecule has 0 bridgehead atoms. The lowest BCUT2D eigenvalue weighted by Crippen LogP contribution is -2.65. The van der Waals surface area contributed by atoms with Crippen LogP contribution in [0.4, 0.5) is 0 Å². The number of piperazine rings is 1. The van der Waals surface area contributed by atoms with Gasteiger partial charge in [0.1, 0.15) is 0 Å². The van der Waals surface area contributed by atoms with Gasteiger partial charge in [-0.05, 0) is 26.2 Å². The summed E-state index contributed by atoms with van der Waals surface area (Å²) in [5.41, 5.74) is 0.461. The molecule has 0 radical (unpaired) electrons. The predicted molar refractivity (Wildman–Crippen MR) is 69.2 cm³/mol. The van der Waals surface area contributed by atoms with Crippen LogP contribution in [0.3, 0.4) is 0 Å². The van der Waals surface area contributed by atoms with Gasteiger partial charge in [-0.1, -0.05) is 19.3 Å². The second-order valence-corrected chi connectivity index (χ2v) is 6.09. The highest BCUT2D eigenvalue weighted by molar-refractivity contribution is 5.02. The van der Waals surface area contributed by atoms with E-state index in [1.54, 1.807) is 0 Å². The number of hydrogen-bond donors (Lipinski definition) is 1. The van der Waals surface area contributed by atoms with Crippen molar-refractivity contribution in [1.29, 1.82) is 0 Å². The zero-order valence-electron chi connectivity index (χ0n) is 11.1. The minimum Gasteiger partial charge on any atom is -0.377 e. The molecule has 3 heteroatoms. The molecule has 3 aliphatic rings. The first-order valence-electron chi connectivity index (χ1n) is 7.41. The van der Waals surface area contributed by atoms with Crippen LogP contribution in [-0.2, 0) is 4.74 Å². The van der Waals surface area contributed by atoms with Crippen molar-refractivity contribution >= 4 is 0 Å². The first-order valence-corrected chi connectivity index (χ1v) is 7.41. The van der Waals surface area contributed by atoms with Gasteiger partial charge in [0.25, 0.3) is 0 Å². The van der Waals surface area contributed by atoms with Crippen molar-refractivity contribution in [3.8, 4) is 0 Å². The third kappa shape index (κ3) is 2.13. The Bertz CT molecular complexity index is 255. The molecule has 2 atom stereocenters. The number of rotatable bonds is 1. The predicted octanol–water partition coefficient (Wildman–Crippen LogP) is 1.77. The van der Waals surface area contributed by atoms with Gasteiger partial charge < -0.3 is 10.1 Å². The van der Waals surface area contributed by atoms with Gasteiger partial charge in [-0.25, -0.2) is 0 Å². The van der Waals surface area contributed by atoms with Gasteiger partial charge in [-0.3, -0.25) is 4.90 Å². The van der Waals surface area contributed by atoms with E-state index in [9.17, 15) is 0 Å². The molecule has 3 fully saturated rings. The fourth-order valence-corrected chi connectivity index (χ4v) is 4.18. The van der Waals surface area contributed by atoms with Crippen LogP contribution in [-0.4, -0.2) is 48.8 Å². The van der Waals surface area contributed by atoms with Gasteiger partial charge in [0.2, 0.25) is 0 Å². The molecule has 2 aliphatic heterocycles. The molecule has 1 N–H and O–H groups in total. The maximum atomic E-state index is 5.79. The van der Waals surface area contributed by atoms with Crippen molar-refractivity contribution in [3.05, 3.63) is 0 Å². The largest absolute Gasteiger partial charge is 0.377 e. The van der Waals surface area contributed by atoms with Gasteiger partial charge in [0.05, 0.1) is 6.10 Å². The van der Waals surface area contributed by atoms with Crippen LogP contribution >= 0.6 is 0 Å². The van der Waals surface area contributed by atoms with E-state index in [2.05, 4.69) is 17.1 Å². The number of nitrogens with zero attached hydrogens (tertiary/aromatic N) is 1. The van der Waals surface area contributed by atoms with Gasteiger partial charge in [-0.2, -0.15) is 0 Å². The smallest absolute Gasteiger partial charge is 0.0703 e. The molecular weight excluding hydrogens is 212 g/mol. The van der Waals surface area contributed by atoms with Gasteiger partial charge in [0, 0.05) is 37.8 Å². The monoisotopic (exact) mass is 238 g/mol. The number of ether oxygens (including phenoxy) is 1. The zero-order chi connectivity index (χ0) is 11.7. The van der Waals surface area contributed by atoms with E-state index in [-0.39, 0.29) is 0 Å². The lowest BCUT2D eigenvalue weighted by atomic mass is 9.77. The summed E-state index contributed by atoms with van der Waals surface area (Å²) < 4.78 is 5.79. The Morgan fingerprint density at radius 1 is 1.24 bits per heavy atom. The summed E-state index contributed by atoms with van der Waals surface area (Å²) in [5.74, 6) is 0. The van der Waals surface area contributed by atoms with E-state index in [4.69, 9.17) is 4.74 Å². The summed E-state index contributed by atoms with van der Waals surface area (Å²) in [6.07, 6.45) is 8.73. The van der Waals surface area contributed by atoms with Gasteiger partial charge in [0.15, 0.2) is 0 Å². The Hall–Kier alpha value is -0.120. The molecule has 2 unspecified atom stereocenters. The molecule has 2 saturated heterocycles. The second kappa shape index (κ2) is 4.87. The quantitative estimate of drug-likeness (QED) is 0.753. The van der Waals surface area contributed by atoms with Crippen molar-refractivity contribution in [2.45, 2.75) is 63.1 Å². The summed E-state index contributed by atoms with van der Waals surface area (Å²) in [6.45, 7) is 6.81. The molecule has 98 valence electrons. The Kier molecular flexibility index (Phi) is 3.42. The summed E-state index contributed by atoms with van der Waals surface area (Å²) in [6, 6.07) is 0.676. The molecule has 1 aliphatic carbocycles. The minimum atomic E-state index is 0.437. The van der Waals surface area contributed by atoms with Crippen molar-refractivity contribution < 1.29 is 4.74 Å². The zero-order valence-corrected chi connectivity index (χ0v) is 11.1. The van der Waals surface area contributed by atoms with Crippen LogP contribution in [0.25, 0.3) is 0 Å². The van der Waals surface area contributed by atoms with Crippen LogP contribution < -0.4 is 5.32 Å². The molecule has 3 rings (SSSR count). The third-order valence-electron chi connectivity index (χ3n) is 5.11. The van der Waals surface area contributed by atoms with Crippen LogP contribution in [0.15, 0.2) is 0 Å². The summed E-state index contributed by atoms with van der Waals surface area (Å²) in [7, 11) is 0. The summed E-state index contributed by atoms with van der Waals surface area (Å²) in [5, 5.41) is 3.63. The minimum absolute atomic E-state index is 0.437. The molecule has 1 saturated carbocycles. The highest BCUT2D eigenvalue weighted by Crippen LogP contribution is 2.38. The van der Waals surface area contributed by atoms with Crippen LogP contribution in [0, 0.1) is 0 Å². The molecule has 17 heavy (non-hydrogen) atoms. The van der Waals surface area contributed by atoms with Crippen LogP contribution in [0.1, 0.15) is 45.4 Å². The molecule has 3 nitrogen and oxygen atoms in total. The first-order chi connectivity index (χ1) is 8.32. The fraction of sp³-hybridized carbons (Fsp3) is 1.00. The number of nitrogens with one attached hydrogen (secondary N) is 1. The molecule has 0 aromatic heterocycles. The van der Waals surface area contributed by atoms with Crippen LogP contribution in [0.2, 0.25) is 0 Å². The van der Waals surface area contributed by atoms with Gasteiger partial charge >= 0.3 is 0 Å². The molecule has 2 heterocycles. The Balaban J connectivity index is 1.79. The van der Waals surface area contributed by atoms with Crippen molar-refractivity contribution in [2.24, 2.45) is 0 Å². The van der Waals surface area contributed by atoms with Gasteiger partial charge in [-0.15, -0.1) is 0 Å². The molecule has 1 spiro atoms. The third-order valence-corrected chi connectivity index (χ3v) is 5.11. The summed E-state index contributed by atoms with van der Waals surface area (Å²) in [4.78, 5) is 2.82. The maximum absolute atomic E-state index is 5.79. The fourth-order valence-electron chi connectivity index (χ4n) is 4.18. The Morgan fingerprint density at radius 2 is 2.06 bits per heavy atom. The highest BCUT2D eigenvalue weighted by atomic mass is 16.5. The molecule has 0 aromatic carbocycles. The maximum Gasteiger partial charge on any atom is 0.0703 e. The molecular formula is C14H26N2O. The molecule has 0 aromatic rings. The SMILES string of the molecule is CC1OCCC1N1CCNCC12CCCCC2. The topological polar surface area (TPSA) is 24.5 Å². The Morgan fingerprint density at radius 3 is 2.76 bits per heavy atom. The van der Waals surface area contributed by atoms with Crippen molar-refractivity contribution in [1.82, 2.24) is 10.2 Å². The second-order valence-electron chi connectivity index (χ2n) is 6.09. The number of hydrogen-bond acceptors (Lipinski definition) is 3. The van der Waals surface area contributed by atoms with E-state index in [0.29, 0.717) is 17.7 Å². The lowest BCUT2D eigenvalue weighted by molar-refractivity contribution is -0.0296. The van der Waals surface area contributed by atoms with E-state index < -0.39 is 0 Å². The van der Waals surface area contributed by atoms with E-state index in [1.165, 1.54) is 51.6 Å². The first kappa shape index (κ1) is 11.9. The van der Waals surface area contributed by atoms with E-state index in [0.717, 1.165) is 13.2 Å². The normalized spacial score (nSPS) is 38.6. The van der Waals surface area contributed by atoms with Crippen LogP contribution in [0.5, 0.6) is 0 Å². The average Bonchev–Trinajstić information content (AvgIpc) is 2.77. The van der Waals surface area contributed by atoms with E-state index >= 15 is 0 Å². The Labute approximate surface area is 105 Å². The standard InChI is InChI=1S/C14H26N2O/c1-12-13(5-10-17-12)16-9-8-15-11-14(16)6-3-2-4-7-14/h12-13,15H,2-11H2,1H3. The molecule has 0 amide bonds. The lowest BCUT2D eigenvalue weighted by Gasteiger charge is -2.53.